The summed E-state index contributed by atoms with van der Waals surface area (Å²) < 4.78 is 31.8. The van der Waals surface area contributed by atoms with Crippen LogP contribution in [0.15, 0.2) is 28.7 Å². The van der Waals surface area contributed by atoms with Crippen molar-refractivity contribution in [2.75, 3.05) is 5.75 Å². The fraction of sp³-hybridized carbons (Fsp3) is 0.500. The lowest BCUT2D eigenvalue weighted by Crippen LogP contribution is -2.42. The molecule has 0 aliphatic heterocycles. The normalized spacial score (nSPS) is 14.0. The fourth-order valence-corrected chi connectivity index (χ4v) is 3.58. The molecule has 1 N–H and O–H groups in total. The lowest BCUT2D eigenvalue weighted by atomic mass is 10.1. The molecule has 1 aromatic rings. The fourth-order valence-electron chi connectivity index (χ4n) is 1.89. The van der Waals surface area contributed by atoms with Gasteiger partial charge in [-0.3, -0.25) is 9.59 Å². The average Bonchev–Trinajstić information content (AvgIpc) is 2.52. The van der Waals surface area contributed by atoms with E-state index >= 15 is 0 Å². The minimum atomic E-state index is -3.54. The summed E-state index contributed by atoms with van der Waals surface area (Å²) in [4.78, 5) is 24.2. The Morgan fingerprint density at radius 2 is 1.79 bits per heavy atom. The quantitative estimate of drug-likeness (QED) is 0.490. The van der Waals surface area contributed by atoms with Gasteiger partial charge in [-0.15, -0.1) is 0 Å². The Bertz CT molecular complexity index is 672. The smallest absolute Gasteiger partial charge is 0.324 e. The first kappa shape index (κ1) is 20.8. The number of nitrogens with one attached hydrogen (secondary N) is 1. The molecule has 0 aliphatic carbocycles. The number of rotatable bonds is 9. The van der Waals surface area contributed by atoms with Crippen molar-refractivity contribution in [3.63, 3.8) is 0 Å². The maximum Gasteiger partial charge on any atom is 0.324 e. The molecule has 0 aliphatic rings. The summed E-state index contributed by atoms with van der Waals surface area (Å²) in [5.74, 6) is -1.18. The highest BCUT2D eigenvalue weighted by atomic mass is 79.9. The molecule has 0 spiro atoms. The van der Waals surface area contributed by atoms with Gasteiger partial charge in [0.05, 0.1) is 5.75 Å². The Kier molecular flexibility index (Phi) is 8.05. The Morgan fingerprint density at radius 1 is 1.21 bits per heavy atom. The number of unbranched alkanes of at least 4 members (excludes halogenated alkanes) is 1. The maximum atomic E-state index is 12.2. The zero-order chi connectivity index (χ0) is 18.3. The van der Waals surface area contributed by atoms with E-state index in [1.54, 1.807) is 24.3 Å². The highest BCUT2D eigenvalue weighted by Crippen LogP contribution is 2.13. The summed E-state index contributed by atoms with van der Waals surface area (Å²) in [5, 5.41) is 0. The first-order valence-corrected chi connectivity index (χ1v) is 10.1. The van der Waals surface area contributed by atoms with Crippen molar-refractivity contribution in [1.29, 1.82) is 0 Å². The molecule has 134 valence electrons. The zero-order valence-electron chi connectivity index (χ0n) is 13.9. The maximum absolute atomic E-state index is 12.2. The first-order valence-electron chi connectivity index (χ1n) is 7.66. The van der Waals surface area contributed by atoms with Crippen LogP contribution < -0.4 is 4.72 Å². The van der Waals surface area contributed by atoms with E-state index in [0.29, 0.717) is 12.0 Å². The number of halogens is 1. The SMILES string of the molecule is CCCCS(=O)(=O)N[C@@H](C)C(=O)O[C@H](C)C(=O)c1ccc(Br)cc1. The van der Waals surface area contributed by atoms with Gasteiger partial charge in [0, 0.05) is 10.0 Å². The van der Waals surface area contributed by atoms with Crippen LogP contribution in [0.4, 0.5) is 0 Å². The number of ether oxygens (including phenoxy) is 1. The van der Waals surface area contributed by atoms with Crippen molar-refractivity contribution in [2.45, 2.75) is 45.8 Å². The number of carbonyl (C=O) groups is 2. The molecule has 1 rings (SSSR count). The molecule has 2 atom stereocenters. The Balaban J connectivity index is 2.62. The monoisotopic (exact) mass is 419 g/mol. The van der Waals surface area contributed by atoms with Gasteiger partial charge < -0.3 is 4.74 Å². The Hall–Kier alpha value is -1.25. The van der Waals surface area contributed by atoms with E-state index in [0.717, 1.165) is 10.9 Å². The van der Waals surface area contributed by atoms with Crippen LogP contribution in [0.25, 0.3) is 0 Å². The summed E-state index contributed by atoms with van der Waals surface area (Å²) in [6.45, 7) is 4.73. The van der Waals surface area contributed by atoms with Gasteiger partial charge in [0.2, 0.25) is 15.8 Å². The van der Waals surface area contributed by atoms with Gasteiger partial charge >= 0.3 is 5.97 Å². The number of hydrogen-bond acceptors (Lipinski definition) is 5. The van der Waals surface area contributed by atoms with E-state index in [-0.39, 0.29) is 11.5 Å². The predicted molar refractivity (Wildman–Crippen MR) is 95.3 cm³/mol. The molecule has 0 fully saturated rings. The van der Waals surface area contributed by atoms with E-state index in [1.807, 2.05) is 6.92 Å². The first-order chi connectivity index (χ1) is 11.2. The summed E-state index contributed by atoms with van der Waals surface area (Å²) in [6.07, 6.45) is 0.245. The topological polar surface area (TPSA) is 89.5 Å². The molecule has 0 bridgehead atoms. The molecule has 0 amide bonds. The highest BCUT2D eigenvalue weighted by molar-refractivity contribution is 9.10. The lowest BCUT2D eigenvalue weighted by molar-refractivity contribution is -0.147. The van der Waals surface area contributed by atoms with Gasteiger partial charge in [0.1, 0.15) is 6.04 Å². The summed E-state index contributed by atoms with van der Waals surface area (Å²) in [7, 11) is -3.54. The van der Waals surface area contributed by atoms with Gasteiger partial charge in [-0.05, 0) is 32.4 Å². The second-order valence-electron chi connectivity index (χ2n) is 5.46. The second-order valence-corrected chi connectivity index (χ2v) is 8.25. The Labute approximate surface area is 151 Å². The molecule has 0 saturated heterocycles. The van der Waals surface area contributed by atoms with Gasteiger partial charge in [0.25, 0.3) is 0 Å². The van der Waals surface area contributed by atoms with E-state index in [1.165, 1.54) is 13.8 Å². The van der Waals surface area contributed by atoms with E-state index < -0.39 is 28.1 Å². The van der Waals surface area contributed by atoms with Crippen molar-refractivity contribution in [3.05, 3.63) is 34.3 Å². The predicted octanol–water partition coefficient (Wildman–Crippen LogP) is 2.67. The molecule has 0 unspecified atom stereocenters. The van der Waals surface area contributed by atoms with Crippen molar-refractivity contribution < 1.29 is 22.7 Å². The van der Waals surface area contributed by atoms with Crippen LogP contribution in [0.1, 0.15) is 44.0 Å². The number of ketones is 1. The van der Waals surface area contributed by atoms with Gasteiger partial charge in [-0.2, -0.15) is 0 Å². The van der Waals surface area contributed by atoms with Crippen molar-refractivity contribution in [1.82, 2.24) is 4.72 Å². The number of carbonyl (C=O) groups excluding carboxylic acids is 2. The number of benzene rings is 1. The van der Waals surface area contributed by atoms with Crippen LogP contribution in [0.3, 0.4) is 0 Å². The molecule has 0 saturated carbocycles. The van der Waals surface area contributed by atoms with E-state index in [9.17, 15) is 18.0 Å². The molecule has 6 nitrogen and oxygen atoms in total. The average molecular weight is 420 g/mol. The van der Waals surface area contributed by atoms with Crippen molar-refractivity contribution >= 4 is 37.7 Å². The standard InChI is InChI=1S/C16H22BrNO5S/c1-4-5-10-24(21,22)18-11(2)16(20)23-12(3)15(19)13-6-8-14(17)9-7-13/h6-9,11-12,18H,4-5,10H2,1-3H3/t11-,12+/m0/s1. The molecular formula is C16H22BrNO5S. The minimum Gasteiger partial charge on any atom is -0.453 e. The third-order valence-electron chi connectivity index (χ3n) is 3.27. The highest BCUT2D eigenvalue weighted by Gasteiger charge is 2.25. The third kappa shape index (κ3) is 6.70. The molecular weight excluding hydrogens is 398 g/mol. The van der Waals surface area contributed by atoms with E-state index in [4.69, 9.17) is 4.74 Å². The lowest BCUT2D eigenvalue weighted by Gasteiger charge is -2.17. The molecule has 1 aromatic carbocycles. The van der Waals surface area contributed by atoms with Crippen LogP contribution in [-0.2, 0) is 19.6 Å². The third-order valence-corrected chi connectivity index (χ3v) is 5.33. The zero-order valence-corrected chi connectivity index (χ0v) is 16.3. The minimum absolute atomic E-state index is 0.0471. The second kappa shape index (κ2) is 9.29. The van der Waals surface area contributed by atoms with Gasteiger partial charge in [-0.1, -0.05) is 41.4 Å². The summed E-state index contributed by atoms with van der Waals surface area (Å²) in [6, 6.07) is 5.62. The molecule has 0 heterocycles. The molecule has 8 heteroatoms. The van der Waals surface area contributed by atoms with Crippen LogP contribution >= 0.6 is 15.9 Å². The van der Waals surface area contributed by atoms with Crippen molar-refractivity contribution in [3.8, 4) is 0 Å². The Morgan fingerprint density at radius 3 is 2.33 bits per heavy atom. The molecule has 0 aromatic heterocycles. The number of Topliss-reactive ketones (excluding diaryl/α,β-unsaturated/α-hetero) is 1. The number of sulfonamides is 1. The number of hydrogen-bond donors (Lipinski definition) is 1. The largest absolute Gasteiger partial charge is 0.453 e. The molecule has 24 heavy (non-hydrogen) atoms. The van der Waals surface area contributed by atoms with Crippen molar-refractivity contribution in [2.24, 2.45) is 0 Å². The van der Waals surface area contributed by atoms with Gasteiger partial charge in [-0.25, -0.2) is 13.1 Å². The van der Waals surface area contributed by atoms with Crippen LogP contribution in [0, 0.1) is 0 Å². The van der Waals surface area contributed by atoms with E-state index in [2.05, 4.69) is 20.7 Å². The van der Waals surface area contributed by atoms with Crippen LogP contribution in [0.5, 0.6) is 0 Å². The van der Waals surface area contributed by atoms with Gasteiger partial charge in [0.15, 0.2) is 6.10 Å². The summed E-state index contributed by atoms with van der Waals surface area (Å²) in [5.41, 5.74) is 0.412. The van der Waals surface area contributed by atoms with Crippen LogP contribution in [0.2, 0.25) is 0 Å². The summed E-state index contributed by atoms with van der Waals surface area (Å²) >= 11 is 3.27. The number of esters is 1. The van der Waals surface area contributed by atoms with Crippen LogP contribution in [-0.4, -0.2) is 38.1 Å². The molecule has 0 radical (unpaired) electrons.